The fraction of sp³-hybridized carbons (Fsp3) is 0. The molecule has 0 aliphatic carbocycles. The SMILES string of the molecule is O=[N+]([O-])c1ccc(Nc2ccnc3ccc(Br)cc23)cc1. The summed E-state index contributed by atoms with van der Waals surface area (Å²) in [4.78, 5) is 14.6. The van der Waals surface area contributed by atoms with Gasteiger partial charge in [-0.25, -0.2) is 0 Å². The summed E-state index contributed by atoms with van der Waals surface area (Å²) < 4.78 is 0.967. The van der Waals surface area contributed by atoms with E-state index in [-0.39, 0.29) is 5.69 Å². The highest BCUT2D eigenvalue weighted by atomic mass is 79.9. The van der Waals surface area contributed by atoms with Gasteiger partial charge in [-0.3, -0.25) is 15.1 Å². The van der Waals surface area contributed by atoms with Crippen molar-refractivity contribution in [1.82, 2.24) is 4.98 Å². The van der Waals surface area contributed by atoms with Gasteiger partial charge in [-0.1, -0.05) is 15.9 Å². The van der Waals surface area contributed by atoms with Gasteiger partial charge in [0.15, 0.2) is 0 Å². The van der Waals surface area contributed by atoms with Gasteiger partial charge in [-0.05, 0) is 36.4 Å². The van der Waals surface area contributed by atoms with Crippen LogP contribution in [0.1, 0.15) is 0 Å². The summed E-state index contributed by atoms with van der Waals surface area (Å²) in [6, 6.07) is 14.0. The van der Waals surface area contributed by atoms with E-state index in [2.05, 4.69) is 26.2 Å². The Hall–Kier alpha value is -2.47. The van der Waals surface area contributed by atoms with Gasteiger partial charge in [0.25, 0.3) is 5.69 Å². The number of nitrogens with zero attached hydrogens (tertiary/aromatic N) is 2. The molecule has 1 heterocycles. The highest BCUT2D eigenvalue weighted by Gasteiger charge is 2.06. The first-order chi connectivity index (χ1) is 10.1. The van der Waals surface area contributed by atoms with Gasteiger partial charge < -0.3 is 5.32 Å². The molecule has 0 aliphatic heterocycles. The lowest BCUT2D eigenvalue weighted by molar-refractivity contribution is -0.384. The minimum atomic E-state index is -0.414. The number of pyridine rings is 1. The molecule has 21 heavy (non-hydrogen) atoms. The number of nitro benzene ring substituents is 1. The molecule has 5 nitrogen and oxygen atoms in total. The van der Waals surface area contributed by atoms with Gasteiger partial charge in [0.05, 0.1) is 10.4 Å². The standard InChI is InChI=1S/C15H10BrN3O2/c16-10-1-6-14-13(9-10)15(7-8-17-14)18-11-2-4-12(5-3-11)19(20)21/h1-9H,(H,17,18). The third-order valence-electron chi connectivity index (χ3n) is 3.06. The summed E-state index contributed by atoms with van der Waals surface area (Å²) in [5.41, 5.74) is 2.64. The number of non-ortho nitro benzene ring substituents is 1. The summed E-state index contributed by atoms with van der Waals surface area (Å²) in [6.45, 7) is 0. The molecule has 3 aromatic rings. The molecule has 0 spiro atoms. The normalized spacial score (nSPS) is 10.5. The Morgan fingerprint density at radius 2 is 1.86 bits per heavy atom. The van der Waals surface area contributed by atoms with Gasteiger partial charge in [0.1, 0.15) is 0 Å². The zero-order valence-electron chi connectivity index (χ0n) is 10.8. The van der Waals surface area contributed by atoms with Crippen LogP contribution in [-0.4, -0.2) is 9.91 Å². The summed E-state index contributed by atoms with van der Waals surface area (Å²) in [5, 5.41) is 14.9. The van der Waals surface area contributed by atoms with Crippen molar-refractivity contribution < 1.29 is 4.92 Å². The van der Waals surface area contributed by atoms with Crippen LogP contribution in [0.25, 0.3) is 10.9 Å². The van der Waals surface area contributed by atoms with E-state index < -0.39 is 4.92 Å². The van der Waals surface area contributed by atoms with E-state index in [9.17, 15) is 10.1 Å². The molecule has 0 radical (unpaired) electrons. The fourth-order valence-electron chi connectivity index (χ4n) is 2.05. The van der Waals surface area contributed by atoms with E-state index in [1.165, 1.54) is 12.1 Å². The third kappa shape index (κ3) is 2.85. The van der Waals surface area contributed by atoms with Crippen LogP contribution in [0, 0.1) is 10.1 Å². The number of rotatable bonds is 3. The van der Waals surface area contributed by atoms with E-state index in [1.807, 2.05) is 24.3 Å². The van der Waals surface area contributed by atoms with Crippen molar-refractivity contribution in [2.24, 2.45) is 0 Å². The summed E-state index contributed by atoms with van der Waals surface area (Å²) >= 11 is 3.45. The summed E-state index contributed by atoms with van der Waals surface area (Å²) in [6.07, 6.45) is 1.73. The second-order valence-electron chi connectivity index (χ2n) is 4.45. The molecule has 0 saturated carbocycles. The Kier molecular flexibility index (Phi) is 3.53. The largest absolute Gasteiger partial charge is 0.355 e. The number of nitro groups is 1. The predicted molar refractivity (Wildman–Crippen MR) is 85.8 cm³/mol. The molecule has 0 bridgehead atoms. The molecular formula is C15H10BrN3O2. The van der Waals surface area contributed by atoms with Gasteiger partial charge >= 0.3 is 0 Å². The smallest absolute Gasteiger partial charge is 0.269 e. The number of halogens is 1. The maximum atomic E-state index is 10.7. The first-order valence-corrected chi connectivity index (χ1v) is 6.98. The molecule has 0 fully saturated rings. The Bertz CT molecular complexity index is 819. The van der Waals surface area contributed by atoms with E-state index in [1.54, 1.807) is 18.3 Å². The Labute approximate surface area is 128 Å². The van der Waals surface area contributed by atoms with Crippen molar-refractivity contribution in [2.75, 3.05) is 5.32 Å². The lowest BCUT2D eigenvalue weighted by atomic mass is 10.2. The number of aromatic nitrogens is 1. The monoisotopic (exact) mass is 343 g/mol. The van der Waals surface area contributed by atoms with E-state index in [0.29, 0.717) is 0 Å². The number of hydrogen-bond acceptors (Lipinski definition) is 4. The molecule has 0 amide bonds. The molecule has 0 unspecified atom stereocenters. The first kappa shape index (κ1) is 13.5. The van der Waals surface area contributed by atoms with Crippen LogP contribution in [0.5, 0.6) is 0 Å². The van der Waals surface area contributed by atoms with Crippen molar-refractivity contribution in [2.45, 2.75) is 0 Å². The molecular weight excluding hydrogens is 334 g/mol. The maximum absolute atomic E-state index is 10.7. The summed E-state index contributed by atoms with van der Waals surface area (Å²) in [7, 11) is 0. The highest BCUT2D eigenvalue weighted by molar-refractivity contribution is 9.10. The number of benzene rings is 2. The summed E-state index contributed by atoms with van der Waals surface area (Å²) in [5.74, 6) is 0. The average molecular weight is 344 g/mol. The molecule has 1 N–H and O–H groups in total. The number of nitrogens with one attached hydrogen (secondary N) is 1. The molecule has 6 heteroatoms. The van der Waals surface area contributed by atoms with Crippen LogP contribution in [-0.2, 0) is 0 Å². The second kappa shape index (κ2) is 5.49. The fourth-order valence-corrected chi connectivity index (χ4v) is 2.41. The van der Waals surface area contributed by atoms with E-state index >= 15 is 0 Å². The van der Waals surface area contributed by atoms with Crippen molar-refractivity contribution in [3.05, 3.63) is 69.3 Å². The predicted octanol–water partition coefficient (Wildman–Crippen LogP) is 4.65. The van der Waals surface area contributed by atoms with Crippen molar-refractivity contribution in [3.63, 3.8) is 0 Å². The zero-order chi connectivity index (χ0) is 14.8. The van der Waals surface area contributed by atoms with Gasteiger partial charge in [0.2, 0.25) is 0 Å². The van der Waals surface area contributed by atoms with E-state index in [0.717, 1.165) is 26.8 Å². The van der Waals surface area contributed by atoms with Crippen LogP contribution in [0.15, 0.2) is 59.2 Å². The lowest BCUT2D eigenvalue weighted by Gasteiger charge is -2.09. The minimum absolute atomic E-state index is 0.0721. The second-order valence-corrected chi connectivity index (χ2v) is 5.36. The number of hydrogen-bond donors (Lipinski definition) is 1. The molecule has 0 aliphatic rings. The molecule has 2 aromatic carbocycles. The Morgan fingerprint density at radius 1 is 1.10 bits per heavy atom. The highest BCUT2D eigenvalue weighted by Crippen LogP contribution is 2.28. The Morgan fingerprint density at radius 3 is 2.57 bits per heavy atom. The zero-order valence-corrected chi connectivity index (χ0v) is 12.4. The molecule has 104 valence electrons. The number of anilines is 2. The van der Waals surface area contributed by atoms with Crippen LogP contribution >= 0.6 is 15.9 Å². The Balaban J connectivity index is 1.97. The van der Waals surface area contributed by atoms with Crippen LogP contribution < -0.4 is 5.32 Å². The number of fused-ring (bicyclic) bond motifs is 1. The third-order valence-corrected chi connectivity index (χ3v) is 3.55. The maximum Gasteiger partial charge on any atom is 0.269 e. The van der Waals surface area contributed by atoms with Crippen LogP contribution in [0.3, 0.4) is 0 Å². The average Bonchev–Trinajstić information content (AvgIpc) is 2.48. The minimum Gasteiger partial charge on any atom is -0.355 e. The van der Waals surface area contributed by atoms with Crippen molar-refractivity contribution >= 4 is 43.9 Å². The van der Waals surface area contributed by atoms with E-state index in [4.69, 9.17) is 0 Å². The first-order valence-electron chi connectivity index (χ1n) is 6.19. The molecule has 3 rings (SSSR count). The quantitative estimate of drug-likeness (QED) is 0.555. The van der Waals surface area contributed by atoms with Gasteiger partial charge in [-0.2, -0.15) is 0 Å². The van der Waals surface area contributed by atoms with Gasteiger partial charge in [0, 0.05) is 39.6 Å². The van der Waals surface area contributed by atoms with Crippen molar-refractivity contribution in [3.8, 4) is 0 Å². The van der Waals surface area contributed by atoms with Crippen molar-refractivity contribution in [1.29, 1.82) is 0 Å². The molecule has 0 atom stereocenters. The van der Waals surface area contributed by atoms with Crippen LogP contribution in [0.4, 0.5) is 17.1 Å². The van der Waals surface area contributed by atoms with Gasteiger partial charge in [-0.15, -0.1) is 0 Å². The molecule has 1 aromatic heterocycles. The lowest BCUT2D eigenvalue weighted by Crippen LogP contribution is -1.93. The van der Waals surface area contributed by atoms with Crippen LogP contribution in [0.2, 0.25) is 0 Å². The molecule has 0 saturated heterocycles. The topological polar surface area (TPSA) is 68.1 Å².